The molecule has 27 heavy (non-hydrogen) atoms. The maximum absolute atomic E-state index is 12.4. The Balaban J connectivity index is 1.65. The van der Waals surface area contributed by atoms with Crippen molar-refractivity contribution in [3.63, 3.8) is 0 Å². The second-order valence-electron chi connectivity index (χ2n) is 6.17. The molecule has 0 aliphatic heterocycles. The van der Waals surface area contributed by atoms with Crippen molar-refractivity contribution >= 4 is 11.6 Å². The number of non-ortho nitro benzene ring substituents is 1. The largest absolute Gasteiger partial charge is 0.351 e. The molecule has 0 aliphatic carbocycles. The summed E-state index contributed by atoms with van der Waals surface area (Å²) in [6.45, 7) is 2.64. The highest BCUT2D eigenvalue weighted by Gasteiger charge is 2.14. The zero-order valence-electron chi connectivity index (χ0n) is 14.9. The Hall–Kier alpha value is -3.48. The number of amides is 1. The number of nitro benzene ring substituents is 1. The van der Waals surface area contributed by atoms with E-state index >= 15 is 0 Å². The number of hydrogen-bond acceptors (Lipinski definition) is 4. The van der Waals surface area contributed by atoms with E-state index in [9.17, 15) is 14.9 Å². The minimum absolute atomic E-state index is 0.00962. The summed E-state index contributed by atoms with van der Waals surface area (Å²) >= 11 is 0. The molecule has 0 spiro atoms. The predicted molar refractivity (Wildman–Crippen MR) is 102 cm³/mol. The minimum atomic E-state index is -0.456. The van der Waals surface area contributed by atoms with E-state index in [1.54, 1.807) is 18.3 Å². The van der Waals surface area contributed by atoms with Gasteiger partial charge in [0.1, 0.15) is 0 Å². The predicted octanol–water partition coefficient (Wildman–Crippen LogP) is 3.70. The van der Waals surface area contributed by atoms with Crippen molar-refractivity contribution in [2.75, 3.05) is 6.54 Å². The molecule has 7 heteroatoms. The number of rotatable bonds is 7. The van der Waals surface area contributed by atoms with E-state index in [1.165, 1.54) is 28.6 Å². The van der Waals surface area contributed by atoms with E-state index in [0.717, 1.165) is 6.42 Å². The summed E-state index contributed by atoms with van der Waals surface area (Å²) in [7, 11) is 0. The fourth-order valence-corrected chi connectivity index (χ4v) is 2.85. The normalized spacial score (nSPS) is 11.7. The second-order valence-corrected chi connectivity index (χ2v) is 6.17. The van der Waals surface area contributed by atoms with Crippen molar-refractivity contribution < 1.29 is 9.72 Å². The molecule has 7 nitrogen and oxygen atoms in total. The van der Waals surface area contributed by atoms with Crippen LogP contribution in [0.5, 0.6) is 0 Å². The Kier molecular flexibility index (Phi) is 5.61. The third kappa shape index (κ3) is 4.38. The monoisotopic (exact) mass is 364 g/mol. The molecule has 1 atom stereocenters. The van der Waals surface area contributed by atoms with Gasteiger partial charge in [0.15, 0.2) is 0 Å². The van der Waals surface area contributed by atoms with Gasteiger partial charge in [0.05, 0.1) is 22.4 Å². The summed E-state index contributed by atoms with van der Waals surface area (Å²) in [5.74, 6) is 0.0532. The molecule has 0 saturated carbocycles. The Morgan fingerprint density at radius 1 is 1.19 bits per heavy atom. The molecule has 3 rings (SSSR count). The molecular formula is C20H20N4O3. The van der Waals surface area contributed by atoms with Gasteiger partial charge in [-0.3, -0.25) is 14.9 Å². The van der Waals surface area contributed by atoms with Crippen molar-refractivity contribution in [1.82, 2.24) is 15.1 Å². The molecule has 0 fully saturated rings. The zero-order chi connectivity index (χ0) is 19.2. The number of nitrogens with zero attached hydrogens (tertiary/aromatic N) is 3. The molecule has 138 valence electrons. The lowest BCUT2D eigenvalue weighted by molar-refractivity contribution is -0.384. The lowest BCUT2D eigenvalue weighted by Gasteiger charge is -2.15. The van der Waals surface area contributed by atoms with Crippen molar-refractivity contribution in [3.8, 4) is 5.69 Å². The van der Waals surface area contributed by atoms with Gasteiger partial charge < -0.3 is 5.32 Å². The summed E-state index contributed by atoms with van der Waals surface area (Å²) in [4.78, 5) is 22.7. The minimum Gasteiger partial charge on any atom is -0.351 e. The maximum atomic E-state index is 12.4. The number of aromatic nitrogens is 2. The van der Waals surface area contributed by atoms with Crippen LogP contribution in [0.2, 0.25) is 0 Å². The second kappa shape index (κ2) is 8.27. The van der Waals surface area contributed by atoms with E-state index in [4.69, 9.17) is 0 Å². The van der Waals surface area contributed by atoms with Gasteiger partial charge in [0.25, 0.3) is 11.6 Å². The first kappa shape index (κ1) is 18.3. The third-order valence-electron chi connectivity index (χ3n) is 4.44. The molecule has 1 heterocycles. The first-order chi connectivity index (χ1) is 13.1. The molecule has 0 aliphatic rings. The molecule has 2 aromatic carbocycles. The van der Waals surface area contributed by atoms with Crippen LogP contribution in [0.1, 0.15) is 35.2 Å². The quantitative estimate of drug-likeness (QED) is 0.511. The molecule has 1 amide bonds. The Labute approximate surface area is 156 Å². The van der Waals surface area contributed by atoms with Crippen molar-refractivity contribution in [2.45, 2.75) is 19.3 Å². The highest BCUT2D eigenvalue weighted by Crippen LogP contribution is 2.18. The molecular weight excluding hydrogens is 344 g/mol. The van der Waals surface area contributed by atoms with Crippen LogP contribution in [-0.4, -0.2) is 27.2 Å². The number of hydrogen-bond donors (Lipinski definition) is 1. The van der Waals surface area contributed by atoms with E-state index < -0.39 is 4.92 Å². The number of nitro groups is 1. The number of carbonyl (C=O) groups excluding carboxylic acids is 1. The molecule has 1 aromatic heterocycles. The van der Waals surface area contributed by atoms with Gasteiger partial charge in [-0.15, -0.1) is 0 Å². The number of nitrogens with one attached hydrogen (secondary N) is 1. The summed E-state index contributed by atoms with van der Waals surface area (Å²) in [5.41, 5.74) is 2.30. The fourth-order valence-electron chi connectivity index (χ4n) is 2.85. The van der Waals surface area contributed by atoms with Crippen LogP contribution in [0, 0.1) is 10.1 Å². The van der Waals surface area contributed by atoms with Crippen LogP contribution in [0.4, 0.5) is 5.69 Å². The van der Waals surface area contributed by atoms with E-state index in [2.05, 4.69) is 29.5 Å². The first-order valence-corrected chi connectivity index (χ1v) is 8.71. The van der Waals surface area contributed by atoms with Crippen LogP contribution in [0.3, 0.4) is 0 Å². The maximum Gasteiger partial charge on any atom is 0.269 e. The Morgan fingerprint density at radius 3 is 2.52 bits per heavy atom. The molecule has 1 N–H and O–H groups in total. The van der Waals surface area contributed by atoms with Crippen molar-refractivity contribution in [2.24, 2.45) is 0 Å². The molecule has 0 saturated heterocycles. The summed E-state index contributed by atoms with van der Waals surface area (Å²) in [5, 5.41) is 17.9. The third-order valence-corrected chi connectivity index (χ3v) is 4.44. The average molecular weight is 364 g/mol. The van der Waals surface area contributed by atoms with Crippen LogP contribution < -0.4 is 5.32 Å². The van der Waals surface area contributed by atoms with Gasteiger partial charge in [0, 0.05) is 30.8 Å². The smallest absolute Gasteiger partial charge is 0.269 e. The van der Waals surface area contributed by atoms with Gasteiger partial charge >= 0.3 is 0 Å². The molecule has 0 bridgehead atoms. The Bertz CT molecular complexity index is 920. The highest BCUT2D eigenvalue weighted by atomic mass is 16.6. The lowest BCUT2D eigenvalue weighted by Crippen LogP contribution is -2.28. The standard InChI is InChI=1S/C20H20N4O3/c1-2-15(16-6-4-3-5-7-16)12-21-20(25)17-13-22-23(14-17)18-8-10-19(11-9-18)24(26)27/h3-11,13-15H,2,12H2,1H3,(H,21,25). The van der Waals surface area contributed by atoms with Crippen molar-refractivity contribution in [1.29, 1.82) is 0 Å². The zero-order valence-corrected chi connectivity index (χ0v) is 14.9. The number of carbonyl (C=O) groups is 1. The topological polar surface area (TPSA) is 90.1 Å². The number of benzene rings is 2. The van der Waals surface area contributed by atoms with Gasteiger partial charge in [-0.1, -0.05) is 37.3 Å². The summed E-state index contributed by atoms with van der Waals surface area (Å²) in [6, 6.07) is 16.1. The van der Waals surface area contributed by atoms with Gasteiger partial charge in [0.2, 0.25) is 0 Å². The van der Waals surface area contributed by atoms with E-state index in [1.807, 2.05) is 18.2 Å². The van der Waals surface area contributed by atoms with Gasteiger partial charge in [-0.25, -0.2) is 4.68 Å². The van der Waals surface area contributed by atoms with E-state index in [-0.39, 0.29) is 17.5 Å². The SMILES string of the molecule is CCC(CNC(=O)c1cnn(-c2ccc([N+](=O)[O-])cc2)c1)c1ccccc1. The average Bonchev–Trinajstić information content (AvgIpc) is 3.19. The van der Waals surface area contributed by atoms with Crippen LogP contribution in [0.15, 0.2) is 67.0 Å². The van der Waals surface area contributed by atoms with Gasteiger partial charge in [-0.05, 0) is 24.1 Å². The van der Waals surface area contributed by atoms with Crippen molar-refractivity contribution in [3.05, 3.63) is 88.2 Å². The molecule has 3 aromatic rings. The van der Waals surface area contributed by atoms with Crippen LogP contribution in [0.25, 0.3) is 5.69 Å². The Morgan fingerprint density at radius 2 is 1.89 bits per heavy atom. The first-order valence-electron chi connectivity index (χ1n) is 8.71. The molecule has 1 unspecified atom stereocenters. The fraction of sp³-hybridized carbons (Fsp3) is 0.200. The summed E-state index contributed by atoms with van der Waals surface area (Å²) in [6.07, 6.45) is 4.02. The summed E-state index contributed by atoms with van der Waals surface area (Å²) < 4.78 is 1.52. The van der Waals surface area contributed by atoms with Gasteiger partial charge in [-0.2, -0.15) is 5.10 Å². The molecule has 0 radical (unpaired) electrons. The highest BCUT2D eigenvalue weighted by molar-refractivity contribution is 5.93. The lowest BCUT2D eigenvalue weighted by atomic mass is 9.96. The van der Waals surface area contributed by atoms with Crippen LogP contribution in [-0.2, 0) is 0 Å². The van der Waals surface area contributed by atoms with Crippen LogP contribution >= 0.6 is 0 Å². The van der Waals surface area contributed by atoms with E-state index in [0.29, 0.717) is 17.8 Å².